The Labute approximate surface area is 103 Å². The van der Waals surface area contributed by atoms with Crippen molar-refractivity contribution in [2.45, 2.75) is 6.92 Å². The minimum absolute atomic E-state index is 0.0323. The topological polar surface area (TPSA) is 55.0 Å². The fourth-order valence-electron chi connectivity index (χ4n) is 1.67. The zero-order valence-electron chi connectivity index (χ0n) is 9.77. The summed E-state index contributed by atoms with van der Waals surface area (Å²) in [6.07, 6.45) is 0.973. The predicted molar refractivity (Wildman–Crippen MR) is 65.5 cm³/mol. The second-order valence-corrected chi connectivity index (χ2v) is 3.60. The van der Waals surface area contributed by atoms with Crippen molar-refractivity contribution in [3.63, 3.8) is 0 Å². The average Bonchev–Trinajstić information content (AvgIpc) is 2.36. The van der Waals surface area contributed by atoms with Crippen molar-refractivity contribution in [1.82, 2.24) is 9.97 Å². The summed E-state index contributed by atoms with van der Waals surface area (Å²) in [5.41, 5.74) is 5.67. The lowest BCUT2D eigenvalue weighted by Gasteiger charge is -2.22. The van der Waals surface area contributed by atoms with Gasteiger partial charge in [0.15, 0.2) is 11.6 Å². The van der Waals surface area contributed by atoms with E-state index in [2.05, 4.69) is 9.97 Å². The van der Waals surface area contributed by atoms with Crippen LogP contribution in [0.25, 0.3) is 0 Å². The highest BCUT2D eigenvalue weighted by Gasteiger charge is 2.17. The molecule has 4 nitrogen and oxygen atoms in total. The molecule has 2 aromatic rings. The second-order valence-electron chi connectivity index (χ2n) is 3.60. The van der Waals surface area contributed by atoms with Gasteiger partial charge in [0.05, 0.1) is 11.9 Å². The minimum atomic E-state index is -0.644. The molecule has 2 N–H and O–H groups in total. The summed E-state index contributed by atoms with van der Waals surface area (Å²) in [4.78, 5) is 8.76. The molecule has 1 aromatic heterocycles. The van der Waals surface area contributed by atoms with Crippen LogP contribution in [0, 0.1) is 11.6 Å². The highest BCUT2D eigenvalue weighted by Crippen LogP contribution is 2.27. The van der Waals surface area contributed by atoms with Gasteiger partial charge in [0.1, 0.15) is 5.82 Å². The molecule has 18 heavy (non-hydrogen) atoms. The molecule has 2 rings (SSSR count). The van der Waals surface area contributed by atoms with Crippen LogP contribution in [0.4, 0.5) is 26.2 Å². The first-order chi connectivity index (χ1) is 8.63. The van der Waals surface area contributed by atoms with Gasteiger partial charge in [-0.15, -0.1) is 0 Å². The molecule has 6 heteroatoms. The normalized spacial score (nSPS) is 10.4. The Balaban J connectivity index is 2.52. The Morgan fingerprint density at radius 3 is 2.61 bits per heavy atom. The number of para-hydroxylation sites is 1. The minimum Gasteiger partial charge on any atom is -0.368 e. The summed E-state index contributed by atoms with van der Waals surface area (Å²) >= 11 is 0. The van der Waals surface area contributed by atoms with E-state index in [1.54, 1.807) is 25.1 Å². The molecule has 0 spiro atoms. The van der Waals surface area contributed by atoms with Gasteiger partial charge in [-0.1, -0.05) is 12.1 Å². The van der Waals surface area contributed by atoms with E-state index in [4.69, 9.17) is 5.73 Å². The highest BCUT2D eigenvalue weighted by atomic mass is 19.1. The Hall–Kier alpha value is -2.24. The van der Waals surface area contributed by atoms with Gasteiger partial charge < -0.3 is 10.6 Å². The van der Waals surface area contributed by atoms with Crippen LogP contribution < -0.4 is 10.6 Å². The molecular formula is C12H12F2N4. The maximum Gasteiger partial charge on any atom is 0.222 e. The van der Waals surface area contributed by atoms with Crippen molar-refractivity contribution >= 4 is 17.5 Å². The van der Waals surface area contributed by atoms with E-state index in [1.807, 2.05) is 0 Å². The quantitative estimate of drug-likeness (QED) is 0.909. The lowest BCUT2D eigenvalue weighted by Crippen LogP contribution is -2.20. The third-order valence-corrected chi connectivity index (χ3v) is 2.46. The van der Waals surface area contributed by atoms with Crippen molar-refractivity contribution in [2.75, 3.05) is 17.2 Å². The SMILES string of the molecule is CCN(c1ccccc1F)c1nc(N)ncc1F. The number of aromatic nitrogens is 2. The monoisotopic (exact) mass is 250 g/mol. The summed E-state index contributed by atoms with van der Waals surface area (Å²) < 4.78 is 27.4. The number of hydrogen-bond donors (Lipinski definition) is 1. The Morgan fingerprint density at radius 1 is 1.22 bits per heavy atom. The molecule has 0 saturated heterocycles. The molecule has 0 aliphatic heterocycles. The Bertz CT molecular complexity index is 560. The standard InChI is InChI=1S/C12H12F2N4/c1-2-18(10-6-4-3-5-8(10)13)11-9(14)7-16-12(15)17-11/h3-7H,2H2,1H3,(H2,15,16,17). The molecule has 0 aliphatic carbocycles. The van der Waals surface area contributed by atoms with E-state index in [1.165, 1.54) is 11.0 Å². The van der Waals surface area contributed by atoms with E-state index in [9.17, 15) is 8.78 Å². The first-order valence-corrected chi connectivity index (χ1v) is 5.43. The van der Waals surface area contributed by atoms with Crippen molar-refractivity contribution in [2.24, 2.45) is 0 Å². The molecule has 0 unspecified atom stereocenters. The summed E-state index contributed by atoms with van der Waals surface area (Å²) in [5.74, 6) is -1.18. The van der Waals surface area contributed by atoms with Crippen LogP contribution in [0.2, 0.25) is 0 Å². The van der Waals surface area contributed by atoms with E-state index in [0.29, 0.717) is 6.54 Å². The summed E-state index contributed by atoms with van der Waals surface area (Å²) in [7, 11) is 0. The van der Waals surface area contributed by atoms with E-state index < -0.39 is 11.6 Å². The average molecular weight is 250 g/mol. The molecule has 0 saturated carbocycles. The smallest absolute Gasteiger partial charge is 0.222 e. The van der Waals surface area contributed by atoms with E-state index in [0.717, 1.165) is 6.20 Å². The van der Waals surface area contributed by atoms with E-state index >= 15 is 0 Å². The molecule has 1 heterocycles. The van der Waals surface area contributed by atoms with Gasteiger partial charge in [-0.25, -0.2) is 13.8 Å². The highest BCUT2D eigenvalue weighted by molar-refractivity contribution is 5.61. The third-order valence-electron chi connectivity index (χ3n) is 2.46. The zero-order valence-corrected chi connectivity index (χ0v) is 9.77. The van der Waals surface area contributed by atoms with Crippen LogP contribution >= 0.6 is 0 Å². The lowest BCUT2D eigenvalue weighted by atomic mass is 10.2. The molecule has 0 fully saturated rings. The van der Waals surface area contributed by atoms with Crippen LogP contribution in [-0.2, 0) is 0 Å². The molecule has 0 radical (unpaired) electrons. The Kier molecular flexibility index (Phi) is 3.36. The fraction of sp³-hybridized carbons (Fsp3) is 0.167. The molecule has 0 atom stereocenters. The number of nitrogen functional groups attached to an aromatic ring is 1. The number of rotatable bonds is 3. The van der Waals surface area contributed by atoms with Crippen molar-refractivity contribution in [3.8, 4) is 0 Å². The first-order valence-electron chi connectivity index (χ1n) is 5.43. The number of nitrogens with zero attached hydrogens (tertiary/aromatic N) is 3. The van der Waals surface area contributed by atoms with Crippen LogP contribution in [0.1, 0.15) is 6.92 Å². The summed E-state index contributed by atoms with van der Waals surface area (Å²) in [6, 6.07) is 6.10. The molecule has 0 amide bonds. The van der Waals surface area contributed by atoms with Gasteiger partial charge in [0, 0.05) is 6.54 Å². The van der Waals surface area contributed by atoms with Crippen molar-refractivity contribution < 1.29 is 8.78 Å². The van der Waals surface area contributed by atoms with Gasteiger partial charge in [-0.05, 0) is 19.1 Å². The largest absolute Gasteiger partial charge is 0.368 e. The van der Waals surface area contributed by atoms with Crippen molar-refractivity contribution in [3.05, 3.63) is 42.1 Å². The number of hydrogen-bond acceptors (Lipinski definition) is 4. The van der Waals surface area contributed by atoms with Crippen molar-refractivity contribution in [1.29, 1.82) is 0 Å². The van der Waals surface area contributed by atoms with Crippen LogP contribution in [0.3, 0.4) is 0 Å². The number of halogens is 2. The summed E-state index contributed by atoms with van der Waals surface area (Å²) in [5, 5.41) is 0. The van der Waals surface area contributed by atoms with Gasteiger partial charge in [-0.2, -0.15) is 4.98 Å². The Morgan fingerprint density at radius 2 is 1.94 bits per heavy atom. The molecular weight excluding hydrogens is 238 g/mol. The molecule has 1 aromatic carbocycles. The van der Waals surface area contributed by atoms with E-state index in [-0.39, 0.29) is 17.5 Å². The van der Waals surface area contributed by atoms with Gasteiger partial charge >= 0.3 is 0 Å². The van der Waals surface area contributed by atoms with Crippen LogP contribution in [0.15, 0.2) is 30.5 Å². The fourth-order valence-corrected chi connectivity index (χ4v) is 1.67. The molecule has 0 aliphatic rings. The maximum absolute atomic E-state index is 13.7. The number of benzene rings is 1. The predicted octanol–water partition coefficient (Wildman–Crippen LogP) is 2.50. The first kappa shape index (κ1) is 12.2. The summed E-state index contributed by atoms with van der Waals surface area (Å²) in [6.45, 7) is 2.12. The molecule has 0 bridgehead atoms. The lowest BCUT2D eigenvalue weighted by molar-refractivity contribution is 0.604. The van der Waals surface area contributed by atoms with Crippen LogP contribution in [-0.4, -0.2) is 16.5 Å². The van der Waals surface area contributed by atoms with Gasteiger partial charge in [0.25, 0.3) is 0 Å². The number of nitrogens with two attached hydrogens (primary N) is 1. The second kappa shape index (κ2) is 4.95. The number of anilines is 3. The van der Waals surface area contributed by atoms with Crippen LogP contribution in [0.5, 0.6) is 0 Å². The molecule has 94 valence electrons. The zero-order chi connectivity index (χ0) is 13.1. The van der Waals surface area contributed by atoms with Gasteiger partial charge in [0.2, 0.25) is 5.95 Å². The maximum atomic E-state index is 13.7. The third kappa shape index (κ3) is 2.22. The van der Waals surface area contributed by atoms with Gasteiger partial charge in [-0.3, -0.25) is 0 Å².